The summed E-state index contributed by atoms with van der Waals surface area (Å²) in [5.74, 6) is 0.0176. The van der Waals surface area contributed by atoms with Crippen molar-refractivity contribution in [2.75, 3.05) is 18.4 Å². The molecule has 11 nitrogen and oxygen atoms in total. The molecule has 0 aliphatic carbocycles. The largest absolute Gasteiger partial charge is 0.351 e. The van der Waals surface area contributed by atoms with Crippen LogP contribution in [-0.2, 0) is 4.74 Å². The van der Waals surface area contributed by atoms with Gasteiger partial charge in [0.2, 0.25) is 0 Å². The highest BCUT2D eigenvalue weighted by atomic mass is 16.5. The second-order valence-electron chi connectivity index (χ2n) is 7.64. The summed E-state index contributed by atoms with van der Waals surface area (Å²) in [7, 11) is 0. The molecule has 11 heteroatoms. The summed E-state index contributed by atoms with van der Waals surface area (Å²) in [6.45, 7) is 2.80. The van der Waals surface area contributed by atoms with E-state index in [0.29, 0.717) is 35.6 Å². The number of hydrogen-bond donors (Lipinski definition) is 1. The molecule has 0 saturated carbocycles. The Morgan fingerprint density at radius 3 is 2.73 bits per heavy atom. The molecule has 4 heterocycles. The smallest absolute Gasteiger partial charge is 0.329 e. The first-order chi connectivity index (χ1) is 16.1. The second-order valence-corrected chi connectivity index (χ2v) is 7.64. The first-order valence-corrected chi connectivity index (χ1v) is 10.6. The molecule has 1 aromatic carbocycles. The number of morpholine rings is 1. The summed E-state index contributed by atoms with van der Waals surface area (Å²) in [5, 5.41) is 2.80. The number of rotatable bonds is 4. The number of ether oxygens (including phenoxy) is 1. The Bertz CT molecular complexity index is 1270. The predicted octanol–water partition coefficient (Wildman–Crippen LogP) is 2.55. The fourth-order valence-corrected chi connectivity index (χ4v) is 3.81. The summed E-state index contributed by atoms with van der Waals surface area (Å²) >= 11 is 0. The molecular formula is C22H22N8O3. The molecule has 2 amide bonds. The molecular weight excluding hydrogens is 424 g/mol. The van der Waals surface area contributed by atoms with Crippen molar-refractivity contribution in [1.82, 2.24) is 34.0 Å². The zero-order valence-corrected chi connectivity index (χ0v) is 17.9. The van der Waals surface area contributed by atoms with Gasteiger partial charge in [-0.05, 0) is 18.6 Å². The topological polar surface area (TPSA) is 120 Å². The van der Waals surface area contributed by atoms with Crippen molar-refractivity contribution in [3.63, 3.8) is 0 Å². The fourth-order valence-electron chi connectivity index (χ4n) is 3.81. The van der Waals surface area contributed by atoms with Gasteiger partial charge in [0, 0.05) is 24.5 Å². The van der Waals surface area contributed by atoms with Crippen LogP contribution in [0.5, 0.6) is 0 Å². The second kappa shape index (κ2) is 8.79. The number of benzene rings is 1. The van der Waals surface area contributed by atoms with E-state index in [1.807, 2.05) is 13.0 Å². The van der Waals surface area contributed by atoms with E-state index in [9.17, 15) is 9.59 Å². The molecule has 1 aliphatic heterocycles. The van der Waals surface area contributed by atoms with Crippen molar-refractivity contribution in [3.05, 3.63) is 67.3 Å². The van der Waals surface area contributed by atoms with E-state index in [-0.39, 0.29) is 18.0 Å². The molecule has 4 aromatic rings. The van der Waals surface area contributed by atoms with Crippen LogP contribution in [0.4, 0.5) is 10.6 Å². The molecule has 0 unspecified atom stereocenters. The van der Waals surface area contributed by atoms with Crippen molar-refractivity contribution >= 4 is 28.9 Å². The number of amides is 2. The van der Waals surface area contributed by atoms with Gasteiger partial charge in [-0.2, -0.15) is 0 Å². The Morgan fingerprint density at radius 2 is 1.97 bits per heavy atom. The standard InChI is InChI=1S/C22H22N8O3/c1-2-16-10-29(22(32)28-9-8-23-13-28)11-17(33-16)30-14-26-18-19(24-12-25-20(18)30)27-21(31)15-6-4-3-5-7-15/h3-9,12-14,16-17H,2,10-11H2,1H3,(H,24,25,27,31)/t16-,17-/m1/s1. The Morgan fingerprint density at radius 1 is 1.12 bits per heavy atom. The van der Waals surface area contributed by atoms with Crippen LogP contribution in [0.1, 0.15) is 29.9 Å². The molecule has 0 spiro atoms. The molecule has 168 valence electrons. The maximum absolute atomic E-state index is 12.9. The van der Waals surface area contributed by atoms with E-state index in [2.05, 4.69) is 25.3 Å². The summed E-state index contributed by atoms with van der Waals surface area (Å²) < 4.78 is 9.45. The molecule has 2 atom stereocenters. The van der Waals surface area contributed by atoms with E-state index in [0.717, 1.165) is 6.42 Å². The van der Waals surface area contributed by atoms with Gasteiger partial charge in [0.05, 0.1) is 19.0 Å². The van der Waals surface area contributed by atoms with Gasteiger partial charge in [-0.25, -0.2) is 24.7 Å². The van der Waals surface area contributed by atoms with Crippen molar-refractivity contribution in [1.29, 1.82) is 0 Å². The number of imidazole rings is 2. The van der Waals surface area contributed by atoms with Gasteiger partial charge in [0.1, 0.15) is 12.7 Å². The van der Waals surface area contributed by atoms with Gasteiger partial charge in [-0.15, -0.1) is 0 Å². The van der Waals surface area contributed by atoms with Crippen LogP contribution in [0.15, 0.2) is 61.7 Å². The third kappa shape index (κ3) is 4.05. The molecule has 0 bridgehead atoms. The lowest BCUT2D eigenvalue weighted by Gasteiger charge is -2.38. The average Bonchev–Trinajstić information content (AvgIpc) is 3.55. The normalized spacial score (nSPS) is 18.4. The van der Waals surface area contributed by atoms with Crippen LogP contribution < -0.4 is 5.32 Å². The van der Waals surface area contributed by atoms with Crippen LogP contribution in [0.25, 0.3) is 11.2 Å². The summed E-state index contributed by atoms with van der Waals surface area (Å²) in [5.41, 5.74) is 1.46. The van der Waals surface area contributed by atoms with Crippen LogP contribution in [0, 0.1) is 0 Å². The minimum absolute atomic E-state index is 0.146. The minimum Gasteiger partial charge on any atom is -0.351 e. The van der Waals surface area contributed by atoms with Crippen molar-refractivity contribution in [3.8, 4) is 0 Å². The number of aromatic nitrogens is 6. The van der Waals surface area contributed by atoms with Gasteiger partial charge < -0.3 is 15.0 Å². The number of anilines is 1. The van der Waals surface area contributed by atoms with Crippen LogP contribution in [0.2, 0.25) is 0 Å². The Balaban J connectivity index is 1.43. The Labute approximate surface area is 189 Å². The summed E-state index contributed by atoms with van der Waals surface area (Å²) in [4.78, 5) is 44.2. The van der Waals surface area contributed by atoms with E-state index >= 15 is 0 Å². The number of fused-ring (bicyclic) bond motifs is 1. The van der Waals surface area contributed by atoms with E-state index in [1.54, 1.807) is 52.5 Å². The number of carbonyl (C=O) groups is 2. The van der Waals surface area contributed by atoms with Crippen LogP contribution in [0.3, 0.4) is 0 Å². The Hall–Kier alpha value is -4.12. The lowest BCUT2D eigenvalue weighted by atomic mass is 10.2. The fraction of sp³-hybridized carbons (Fsp3) is 0.273. The van der Waals surface area contributed by atoms with Crippen molar-refractivity contribution < 1.29 is 14.3 Å². The molecule has 3 aromatic heterocycles. The van der Waals surface area contributed by atoms with Gasteiger partial charge in [-0.1, -0.05) is 25.1 Å². The SMILES string of the molecule is CC[C@@H]1CN(C(=O)n2ccnc2)C[C@H](n2cnc3c(NC(=O)c4ccccc4)ncnc32)O1. The zero-order valence-electron chi connectivity index (χ0n) is 17.9. The third-order valence-corrected chi connectivity index (χ3v) is 5.54. The van der Waals surface area contributed by atoms with Crippen molar-refractivity contribution in [2.24, 2.45) is 0 Å². The quantitative estimate of drug-likeness (QED) is 0.511. The van der Waals surface area contributed by atoms with E-state index in [4.69, 9.17) is 4.74 Å². The maximum Gasteiger partial charge on any atom is 0.329 e. The van der Waals surface area contributed by atoms with Gasteiger partial charge in [0.25, 0.3) is 5.91 Å². The molecule has 1 fully saturated rings. The molecule has 33 heavy (non-hydrogen) atoms. The highest BCUT2D eigenvalue weighted by Gasteiger charge is 2.32. The highest BCUT2D eigenvalue weighted by molar-refractivity contribution is 6.06. The lowest BCUT2D eigenvalue weighted by molar-refractivity contribution is -0.108. The number of nitrogens with one attached hydrogen (secondary N) is 1. The average molecular weight is 446 g/mol. The van der Waals surface area contributed by atoms with Crippen LogP contribution in [-0.4, -0.2) is 65.1 Å². The number of carbonyl (C=O) groups excluding carboxylic acids is 2. The third-order valence-electron chi connectivity index (χ3n) is 5.54. The summed E-state index contributed by atoms with van der Waals surface area (Å²) in [6.07, 6.45) is 7.74. The van der Waals surface area contributed by atoms with Gasteiger partial charge >= 0.3 is 6.03 Å². The first-order valence-electron chi connectivity index (χ1n) is 10.6. The first kappa shape index (κ1) is 20.8. The highest BCUT2D eigenvalue weighted by Crippen LogP contribution is 2.27. The monoisotopic (exact) mass is 446 g/mol. The van der Waals surface area contributed by atoms with Gasteiger partial charge in [-0.3, -0.25) is 13.9 Å². The van der Waals surface area contributed by atoms with Crippen molar-refractivity contribution in [2.45, 2.75) is 25.7 Å². The van der Waals surface area contributed by atoms with E-state index in [1.165, 1.54) is 17.2 Å². The summed E-state index contributed by atoms with van der Waals surface area (Å²) in [6, 6.07) is 8.70. The molecule has 1 saturated heterocycles. The minimum atomic E-state index is -0.492. The van der Waals surface area contributed by atoms with Gasteiger partial charge in [0.15, 0.2) is 23.2 Å². The maximum atomic E-state index is 12.9. The van der Waals surface area contributed by atoms with Crippen LogP contribution >= 0.6 is 0 Å². The number of nitrogens with zero attached hydrogens (tertiary/aromatic N) is 7. The molecule has 1 N–H and O–H groups in total. The Kier molecular flexibility index (Phi) is 5.53. The zero-order chi connectivity index (χ0) is 22.8. The molecule has 1 aliphatic rings. The number of hydrogen-bond acceptors (Lipinski definition) is 7. The lowest BCUT2D eigenvalue weighted by Crippen LogP contribution is -2.49. The van der Waals surface area contributed by atoms with E-state index < -0.39 is 6.23 Å². The molecule has 0 radical (unpaired) electrons. The molecule has 5 rings (SSSR count). The predicted molar refractivity (Wildman–Crippen MR) is 119 cm³/mol.